The minimum Gasteiger partial charge on any atom is -0.466 e. The molecule has 12 nitrogen and oxygen atoms in total. The zero-order valence-electron chi connectivity index (χ0n) is 38.8. The predicted octanol–water partition coefficient (Wildman–Crippen LogP) is 10.3. The molecule has 0 aliphatic heterocycles. The van der Waals surface area contributed by atoms with Gasteiger partial charge >= 0.3 is 19.8 Å². The zero-order valence-corrected chi connectivity index (χ0v) is 39.7. The first-order chi connectivity index (χ1) is 29.1. The van der Waals surface area contributed by atoms with E-state index in [4.69, 9.17) is 22.9 Å². The second kappa shape index (κ2) is 33.7. The summed E-state index contributed by atoms with van der Waals surface area (Å²) in [6, 6.07) is 0. The quantitative estimate of drug-likeness (QED) is 0.0192. The largest absolute Gasteiger partial charge is 0.472 e. The van der Waals surface area contributed by atoms with E-state index in [-0.39, 0.29) is 26.1 Å². The average molecular weight is 881 g/mol. The van der Waals surface area contributed by atoms with Gasteiger partial charge in [-0.25, -0.2) is 4.57 Å². The third-order valence-corrected chi connectivity index (χ3v) is 11.2. The van der Waals surface area contributed by atoms with Gasteiger partial charge in [-0.3, -0.25) is 18.6 Å². The number of aryl methyl sites for hydroxylation is 2. The van der Waals surface area contributed by atoms with E-state index in [0.29, 0.717) is 36.7 Å². The van der Waals surface area contributed by atoms with E-state index in [0.717, 1.165) is 101 Å². The molecule has 1 rings (SSSR count). The molecule has 3 N–H and O–H groups in total. The van der Waals surface area contributed by atoms with Crippen LogP contribution in [-0.2, 0) is 45.5 Å². The van der Waals surface area contributed by atoms with E-state index in [1.807, 2.05) is 51.5 Å². The molecular weight excluding hydrogens is 797 g/mol. The Kier molecular flexibility index (Phi) is 31.0. The van der Waals surface area contributed by atoms with E-state index in [1.165, 1.54) is 11.1 Å². The fraction of sp³-hybridized carbons (Fsp3) is 0.708. The van der Waals surface area contributed by atoms with Gasteiger partial charge < -0.3 is 33.5 Å². The molecule has 0 bridgehead atoms. The second-order valence-electron chi connectivity index (χ2n) is 17.1. The average Bonchev–Trinajstić information content (AvgIpc) is 3.46. The number of carbonyl (C=O) groups excluding carboxylic acids is 2. The first-order valence-corrected chi connectivity index (χ1v) is 24.4. The summed E-state index contributed by atoms with van der Waals surface area (Å²) in [5, 5.41) is 20.2. The Bertz CT molecular complexity index is 1490. The van der Waals surface area contributed by atoms with Crippen molar-refractivity contribution in [3.63, 3.8) is 0 Å². The van der Waals surface area contributed by atoms with Crippen molar-refractivity contribution in [1.29, 1.82) is 0 Å². The molecule has 0 aliphatic carbocycles. The lowest BCUT2D eigenvalue weighted by molar-refractivity contribution is -0.870. The maximum absolute atomic E-state index is 12.8. The van der Waals surface area contributed by atoms with Crippen LogP contribution in [0.15, 0.2) is 53.0 Å². The number of likely N-dealkylation sites (N-methyl/N-ethyl adjacent to an activating group) is 1. The van der Waals surface area contributed by atoms with Gasteiger partial charge in [-0.2, -0.15) is 0 Å². The van der Waals surface area contributed by atoms with Gasteiger partial charge in [0.2, 0.25) is 0 Å². The third-order valence-electron chi connectivity index (χ3n) is 10.2. The van der Waals surface area contributed by atoms with Gasteiger partial charge in [0.15, 0.2) is 6.10 Å². The Morgan fingerprint density at radius 1 is 0.689 bits per heavy atom. The van der Waals surface area contributed by atoms with Crippen LogP contribution in [0.25, 0.3) is 0 Å². The monoisotopic (exact) mass is 881 g/mol. The van der Waals surface area contributed by atoms with Gasteiger partial charge in [0.05, 0.1) is 40.0 Å². The molecule has 0 fully saturated rings. The molecule has 61 heavy (non-hydrogen) atoms. The van der Waals surface area contributed by atoms with Crippen molar-refractivity contribution in [3.05, 3.63) is 71.3 Å². The van der Waals surface area contributed by atoms with Gasteiger partial charge in [-0.1, -0.05) is 120 Å². The minimum atomic E-state index is -4.45. The van der Waals surface area contributed by atoms with Gasteiger partial charge in [0.1, 0.15) is 31.3 Å². The molecule has 0 saturated heterocycles. The van der Waals surface area contributed by atoms with Crippen molar-refractivity contribution in [3.8, 4) is 0 Å². The highest BCUT2D eigenvalue weighted by Crippen LogP contribution is 2.43. The number of unbranched alkanes of at least 4 members (excludes halogenated alkanes) is 9. The summed E-state index contributed by atoms with van der Waals surface area (Å²) in [5.74, 6) is 1.21. The number of allylic oxidation sites excluding steroid dienone is 6. The molecular formula is C48H83NO11P+. The Hall–Kier alpha value is -2.83. The van der Waals surface area contributed by atoms with E-state index >= 15 is 0 Å². The van der Waals surface area contributed by atoms with Crippen LogP contribution in [-0.4, -0.2) is 97.3 Å². The highest BCUT2D eigenvalue weighted by molar-refractivity contribution is 7.47. The van der Waals surface area contributed by atoms with Crippen molar-refractivity contribution in [2.45, 2.75) is 174 Å². The zero-order chi connectivity index (χ0) is 45.4. The maximum Gasteiger partial charge on any atom is 0.472 e. The van der Waals surface area contributed by atoms with Crippen molar-refractivity contribution in [2.75, 3.05) is 47.5 Å². The molecule has 1 aromatic rings. The maximum atomic E-state index is 12.8. The van der Waals surface area contributed by atoms with Gasteiger partial charge in [0, 0.05) is 25.7 Å². The summed E-state index contributed by atoms with van der Waals surface area (Å²) in [4.78, 5) is 35.5. The first-order valence-electron chi connectivity index (χ1n) is 22.9. The highest BCUT2D eigenvalue weighted by Gasteiger charge is 2.27. The standard InChI is InChI=1S/C48H82NO11P/c1-8-10-22-29-42(50)30-23-18-14-13-15-19-24-31-43(51)32-27-35-47(52)56-38-44(39-58-61(54,55)57-37-36-49(5,6)7)59-48(53)34-26-21-17-12-11-16-20-25-33-46-41(4)40(3)45(60-46)28-9-2/h14-15,18-19,23-24,30-31,42-44,50-51H,8-13,16-17,20-22,25-29,32-39H2,1-7H3/p+1/b18-14-,19-15-,30-23+,31-24+/t42-,43-,44+/m0/s1. The van der Waals surface area contributed by atoms with Crippen molar-refractivity contribution >= 4 is 19.8 Å². The molecule has 0 aliphatic rings. The number of phosphoric acid groups is 1. The SMILES string of the molecule is CCCCC[C@H](O)/C=C/C=C\C/C=C\C=C\[C@H](O)CCCC(=O)OC[C@H](COP(=O)(O)OCC[N+](C)(C)C)OC(=O)CCCCCCCCCCc1oc(CCC)c(C)c1C. The normalized spacial score (nSPS) is 15.0. The van der Waals surface area contributed by atoms with Crippen molar-refractivity contribution < 1.29 is 56.7 Å². The number of aliphatic hydroxyl groups is 2. The first kappa shape index (κ1) is 56.2. The lowest BCUT2D eigenvalue weighted by atomic mass is 10.0. The third kappa shape index (κ3) is 30.8. The number of esters is 2. The van der Waals surface area contributed by atoms with Crippen LogP contribution in [0.2, 0.25) is 0 Å². The van der Waals surface area contributed by atoms with Crippen molar-refractivity contribution in [1.82, 2.24) is 0 Å². The summed E-state index contributed by atoms with van der Waals surface area (Å²) in [7, 11) is 1.32. The van der Waals surface area contributed by atoms with Crippen LogP contribution in [0.3, 0.4) is 0 Å². The van der Waals surface area contributed by atoms with Crippen LogP contribution in [0.4, 0.5) is 0 Å². The Morgan fingerprint density at radius 2 is 1.25 bits per heavy atom. The summed E-state index contributed by atoms with van der Waals surface area (Å²) in [6.45, 7) is 8.25. The molecule has 0 aromatic carbocycles. The van der Waals surface area contributed by atoms with Crippen LogP contribution in [0.1, 0.15) is 152 Å². The highest BCUT2D eigenvalue weighted by atomic mass is 31.2. The number of ether oxygens (including phenoxy) is 2. The summed E-state index contributed by atoms with van der Waals surface area (Å²) in [6.07, 6.45) is 29.4. The predicted molar refractivity (Wildman–Crippen MR) is 244 cm³/mol. The molecule has 0 saturated carbocycles. The second-order valence-corrected chi connectivity index (χ2v) is 18.5. The van der Waals surface area contributed by atoms with Crippen molar-refractivity contribution in [2.24, 2.45) is 0 Å². The fourth-order valence-electron chi connectivity index (χ4n) is 6.33. The molecule has 0 amide bonds. The number of quaternary nitrogens is 1. The number of aliphatic hydroxyl groups excluding tert-OH is 2. The number of carbonyl (C=O) groups is 2. The topological polar surface area (TPSA) is 162 Å². The van der Waals surface area contributed by atoms with Gasteiger partial charge in [-0.05, 0) is 69.9 Å². The number of rotatable bonds is 37. The lowest BCUT2D eigenvalue weighted by Crippen LogP contribution is -2.37. The fourth-order valence-corrected chi connectivity index (χ4v) is 7.07. The molecule has 1 aromatic heterocycles. The molecule has 0 radical (unpaired) electrons. The number of phosphoric ester groups is 1. The molecule has 4 atom stereocenters. The summed E-state index contributed by atoms with van der Waals surface area (Å²) in [5.41, 5.74) is 2.60. The molecule has 350 valence electrons. The molecule has 1 unspecified atom stereocenters. The molecule has 13 heteroatoms. The number of hydrogen-bond acceptors (Lipinski definition) is 10. The Labute approximate surface area is 368 Å². The van der Waals surface area contributed by atoms with Crippen LogP contribution >= 0.6 is 7.82 Å². The Morgan fingerprint density at radius 3 is 1.84 bits per heavy atom. The van der Waals surface area contributed by atoms with E-state index in [1.54, 1.807) is 18.2 Å². The van der Waals surface area contributed by atoms with Gasteiger partial charge in [-0.15, -0.1) is 0 Å². The minimum absolute atomic E-state index is 0.0146. The Balaban J connectivity index is 2.44. The number of hydrogen-bond donors (Lipinski definition) is 3. The van der Waals surface area contributed by atoms with E-state index < -0.39 is 44.7 Å². The van der Waals surface area contributed by atoms with E-state index in [2.05, 4.69) is 27.7 Å². The molecule has 0 spiro atoms. The smallest absolute Gasteiger partial charge is 0.466 e. The molecule has 1 heterocycles. The van der Waals surface area contributed by atoms with Gasteiger partial charge in [0.25, 0.3) is 0 Å². The van der Waals surface area contributed by atoms with Crippen LogP contribution in [0, 0.1) is 13.8 Å². The van der Waals surface area contributed by atoms with Crippen LogP contribution < -0.4 is 0 Å². The summed E-state index contributed by atoms with van der Waals surface area (Å²) >= 11 is 0. The number of furan rings is 1. The lowest BCUT2D eigenvalue weighted by Gasteiger charge is -2.24. The summed E-state index contributed by atoms with van der Waals surface area (Å²) < 4.78 is 40.3. The van der Waals surface area contributed by atoms with Crippen LogP contribution in [0.5, 0.6) is 0 Å². The number of nitrogens with zero attached hydrogens (tertiary/aromatic N) is 1. The van der Waals surface area contributed by atoms with E-state index in [9.17, 15) is 29.3 Å².